The van der Waals surface area contributed by atoms with Gasteiger partial charge in [-0.25, -0.2) is 4.39 Å². The van der Waals surface area contributed by atoms with Crippen molar-refractivity contribution in [2.75, 3.05) is 0 Å². The monoisotopic (exact) mass is 297 g/mol. The Morgan fingerprint density at radius 2 is 1.67 bits per heavy atom. The van der Waals surface area contributed by atoms with Crippen molar-refractivity contribution in [3.63, 3.8) is 0 Å². The highest BCUT2D eigenvalue weighted by atomic mass is 19.1. The van der Waals surface area contributed by atoms with Gasteiger partial charge in [0.05, 0.1) is 0 Å². The van der Waals surface area contributed by atoms with Crippen LogP contribution in [0.1, 0.15) is 97.8 Å². The highest BCUT2D eigenvalue weighted by Crippen LogP contribution is 2.37. The molecule has 1 rings (SSSR count). The van der Waals surface area contributed by atoms with E-state index in [0.717, 1.165) is 31.1 Å². The number of unbranched alkanes of at least 4 members (excludes halogenated alkanes) is 4. The fraction of sp³-hybridized carbons (Fsp3) is 0.950. The minimum Gasteiger partial charge on any atom is -0.247 e. The maximum Gasteiger partial charge on any atom is 0.104 e. The molecule has 1 heteroatoms. The Hall–Kier alpha value is -0.0700. The van der Waals surface area contributed by atoms with E-state index in [1.165, 1.54) is 57.8 Å². The maximum atomic E-state index is 14.0. The van der Waals surface area contributed by atoms with Crippen LogP contribution in [-0.4, -0.2) is 6.17 Å². The normalized spacial score (nSPS) is 25.7. The fourth-order valence-corrected chi connectivity index (χ4v) is 3.88. The summed E-state index contributed by atoms with van der Waals surface area (Å²) < 4.78 is 14.0. The molecule has 2 atom stereocenters. The van der Waals surface area contributed by atoms with Crippen LogP contribution in [-0.2, 0) is 0 Å². The SMILES string of the molecule is CCCC[CH]C(F)CC(C)[C@H]1CC[C@H](CCCCC)CC1. The van der Waals surface area contributed by atoms with E-state index in [9.17, 15) is 4.39 Å². The summed E-state index contributed by atoms with van der Waals surface area (Å²) in [6.45, 7) is 6.73. The molecule has 0 heterocycles. The molecule has 0 saturated heterocycles. The highest BCUT2D eigenvalue weighted by Gasteiger charge is 2.26. The lowest BCUT2D eigenvalue weighted by atomic mass is 9.73. The van der Waals surface area contributed by atoms with Crippen molar-refractivity contribution in [3.05, 3.63) is 6.42 Å². The van der Waals surface area contributed by atoms with Gasteiger partial charge in [0, 0.05) is 0 Å². The molecule has 1 radical (unpaired) electrons. The molecule has 0 aromatic carbocycles. The number of hydrogen-bond acceptors (Lipinski definition) is 0. The third-order valence-electron chi connectivity index (χ3n) is 5.49. The standard InChI is InChI=1S/C20H38F/c1-4-6-8-10-18-12-14-19(15-13-18)17(3)16-20(21)11-9-7-5-2/h11,17-20H,4-10,12-16H2,1-3H3/t17?,18-,19-,20?. The highest BCUT2D eigenvalue weighted by molar-refractivity contribution is 4.82. The van der Waals surface area contributed by atoms with Crippen molar-refractivity contribution in [1.29, 1.82) is 0 Å². The molecule has 0 aliphatic heterocycles. The smallest absolute Gasteiger partial charge is 0.104 e. The van der Waals surface area contributed by atoms with Gasteiger partial charge in [-0.2, -0.15) is 0 Å². The second-order valence-electron chi connectivity index (χ2n) is 7.38. The molecular weight excluding hydrogens is 259 g/mol. The summed E-state index contributed by atoms with van der Waals surface area (Å²) in [5.74, 6) is 2.32. The Kier molecular flexibility index (Phi) is 10.4. The van der Waals surface area contributed by atoms with Crippen molar-refractivity contribution in [2.24, 2.45) is 17.8 Å². The molecule has 2 unspecified atom stereocenters. The lowest BCUT2D eigenvalue weighted by molar-refractivity contribution is 0.174. The zero-order valence-electron chi connectivity index (χ0n) is 14.7. The van der Waals surface area contributed by atoms with E-state index < -0.39 is 6.17 Å². The summed E-state index contributed by atoms with van der Waals surface area (Å²) in [5, 5.41) is 0. The van der Waals surface area contributed by atoms with E-state index in [4.69, 9.17) is 0 Å². The van der Waals surface area contributed by atoms with Crippen LogP contribution in [0.4, 0.5) is 4.39 Å². The van der Waals surface area contributed by atoms with E-state index in [2.05, 4.69) is 20.8 Å². The van der Waals surface area contributed by atoms with Gasteiger partial charge < -0.3 is 0 Å². The average Bonchev–Trinajstić information content (AvgIpc) is 2.48. The first-order chi connectivity index (χ1) is 10.2. The summed E-state index contributed by atoms with van der Waals surface area (Å²) in [7, 11) is 0. The van der Waals surface area contributed by atoms with Crippen molar-refractivity contribution < 1.29 is 4.39 Å². The number of halogens is 1. The molecule has 1 saturated carbocycles. The predicted molar refractivity (Wildman–Crippen MR) is 92.1 cm³/mol. The molecule has 0 spiro atoms. The quantitative estimate of drug-likeness (QED) is 0.356. The number of alkyl halides is 1. The van der Waals surface area contributed by atoms with Crippen LogP contribution in [0.3, 0.4) is 0 Å². The minimum atomic E-state index is -0.672. The van der Waals surface area contributed by atoms with Gasteiger partial charge in [-0.3, -0.25) is 0 Å². The van der Waals surface area contributed by atoms with Crippen LogP contribution in [0.15, 0.2) is 0 Å². The lowest BCUT2D eigenvalue weighted by Crippen LogP contribution is -2.22. The molecule has 1 aliphatic carbocycles. The molecular formula is C20H38F. The largest absolute Gasteiger partial charge is 0.247 e. The van der Waals surface area contributed by atoms with Gasteiger partial charge in [0.1, 0.15) is 6.17 Å². The third-order valence-corrected chi connectivity index (χ3v) is 5.49. The summed E-state index contributed by atoms with van der Waals surface area (Å²) in [5.41, 5.74) is 0. The van der Waals surface area contributed by atoms with Gasteiger partial charge in [0.2, 0.25) is 0 Å². The maximum absolute atomic E-state index is 14.0. The van der Waals surface area contributed by atoms with Crippen LogP contribution >= 0.6 is 0 Å². The molecule has 1 aliphatic rings. The second-order valence-corrected chi connectivity index (χ2v) is 7.38. The second kappa shape index (κ2) is 11.5. The van der Waals surface area contributed by atoms with Crippen LogP contribution in [0.2, 0.25) is 0 Å². The molecule has 21 heavy (non-hydrogen) atoms. The van der Waals surface area contributed by atoms with Gasteiger partial charge >= 0.3 is 0 Å². The third kappa shape index (κ3) is 8.21. The number of hydrogen-bond donors (Lipinski definition) is 0. The molecule has 0 N–H and O–H groups in total. The average molecular weight is 298 g/mol. The Morgan fingerprint density at radius 3 is 2.29 bits per heavy atom. The first-order valence-electron chi connectivity index (χ1n) is 9.64. The van der Waals surface area contributed by atoms with Crippen LogP contribution in [0.5, 0.6) is 0 Å². The van der Waals surface area contributed by atoms with Gasteiger partial charge in [-0.1, -0.05) is 72.1 Å². The molecule has 1 fully saturated rings. The minimum absolute atomic E-state index is 0.564. The van der Waals surface area contributed by atoms with Gasteiger partial charge in [-0.15, -0.1) is 0 Å². The molecule has 0 bridgehead atoms. The zero-order chi connectivity index (χ0) is 15.5. The first kappa shape index (κ1) is 19.0. The van der Waals surface area contributed by atoms with Gasteiger partial charge in [0.25, 0.3) is 0 Å². The summed E-state index contributed by atoms with van der Waals surface area (Å²) in [6.07, 6.45) is 16.3. The Morgan fingerprint density at radius 1 is 1.00 bits per heavy atom. The predicted octanol–water partition coefficient (Wildman–Crippen LogP) is 7.13. The first-order valence-corrected chi connectivity index (χ1v) is 9.64. The summed E-state index contributed by atoms with van der Waals surface area (Å²) in [4.78, 5) is 0. The van der Waals surface area contributed by atoms with Crippen LogP contribution < -0.4 is 0 Å². The van der Waals surface area contributed by atoms with E-state index in [0.29, 0.717) is 5.92 Å². The van der Waals surface area contributed by atoms with Crippen molar-refractivity contribution in [2.45, 2.75) is 104 Å². The topological polar surface area (TPSA) is 0 Å². The molecule has 0 aromatic rings. The number of rotatable bonds is 11. The van der Waals surface area contributed by atoms with Gasteiger partial charge in [0.15, 0.2) is 0 Å². The molecule has 0 amide bonds. The Balaban J connectivity index is 2.14. The van der Waals surface area contributed by atoms with E-state index in [-0.39, 0.29) is 0 Å². The summed E-state index contributed by atoms with van der Waals surface area (Å²) in [6, 6.07) is 0. The molecule has 125 valence electrons. The van der Waals surface area contributed by atoms with Crippen LogP contribution in [0.25, 0.3) is 0 Å². The van der Waals surface area contributed by atoms with Crippen molar-refractivity contribution in [1.82, 2.24) is 0 Å². The Labute approximate surface area is 133 Å². The van der Waals surface area contributed by atoms with Crippen LogP contribution in [0, 0.1) is 24.2 Å². The van der Waals surface area contributed by atoms with E-state index in [1.807, 2.05) is 6.42 Å². The lowest BCUT2D eigenvalue weighted by Gasteiger charge is -2.33. The Bertz CT molecular complexity index is 230. The van der Waals surface area contributed by atoms with E-state index in [1.54, 1.807) is 0 Å². The molecule has 0 aromatic heterocycles. The fourth-order valence-electron chi connectivity index (χ4n) is 3.88. The zero-order valence-corrected chi connectivity index (χ0v) is 14.7. The van der Waals surface area contributed by atoms with E-state index >= 15 is 0 Å². The van der Waals surface area contributed by atoms with Gasteiger partial charge in [-0.05, 0) is 49.9 Å². The van der Waals surface area contributed by atoms with Crippen molar-refractivity contribution in [3.8, 4) is 0 Å². The van der Waals surface area contributed by atoms with Crippen molar-refractivity contribution >= 4 is 0 Å². The summed E-state index contributed by atoms with van der Waals surface area (Å²) >= 11 is 0. The molecule has 0 nitrogen and oxygen atoms in total.